The van der Waals surface area contributed by atoms with Crippen LogP contribution in [0.25, 0.3) is 10.9 Å². The lowest BCUT2D eigenvalue weighted by Gasteiger charge is -2.34. The average molecular weight is 975 g/mol. The summed E-state index contributed by atoms with van der Waals surface area (Å²) in [5, 5.41) is 13.7. The SMILES string of the molecule is C=C[C@@H]1C[C@]1(NC(=O)[C@@H]1C[C@@H]2CN1C(=O)[C@H](C1CCCCC1)NC(=O)O[C@@H]1C[C@H]1CCCCCc1c(nc3ccccc3c1OC1CCN(CC3CC3)CC1)O2)C(=O)NS(=O)(=O)C1(C)CC1.O=CO. The van der Waals surface area contributed by atoms with Crippen LogP contribution in [0.15, 0.2) is 36.9 Å². The van der Waals surface area contributed by atoms with E-state index in [1.165, 1.54) is 24.3 Å². The molecule has 4 heterocycles. The molecule has 376 valence electrons. The van der Waals surface area contributed by atoms with Crippen LogP contribution in [0.3, 0.4) is 0 Å². The molecule has 5 saturated carbocycles. The summed E-state index contributed by atoms with van der Waals surface area (Å²) in [5.74, 6) is -0.216. The molecule has 2 aromatic rings. The van der Waals surface area contributed by atoms with Gasteiger partial charge in [0, 0.05) is 37.4 Å². The minimum absolute atomic E-state index is 0.0158. The monoisotopic (exact) mass is 974 g/mol. The molecule has 5 aliphatic carbocycles. The van der Waals surface area contributed by atoms with Crippen molar-refractivity contribution < 1.29 is 51.7 Å². The van der Waals surface area contributed by atoms with Crippen LogP contribution in [-0.2, 0) is 40.4 Å². The fourth-order valence-electron chi connectivity index (χ4n) is 11.2. The summed E-state index contributed by atoms with van der Waals surface area (Å²) in [7, 11) is -4.01. The van der Waals surface area contributed by atoms with Crippen LogP contribution in [-0.4, -0.2) is 125 Å². The normalized spacial score (nSPS) is 30.8. The van der Waals surface area contributed by atoms with Crippen LogP contribution in [0.1, 0.15) is 128 Å². The number of nitrogens with zero attached hydrogens (tertiary/aromatic N) is 3. The Bertz CT molecular complexity index is 2380. The number of hydrogen-bond acceptors (Lipinski definition) is 12. The number of likely N-dealkylation sites (tertiary alicyclic amines) is 1. The Morgan fingerprint density at radius 1 is 0.971 bits per heavy atom. The summed E-state index contributed by atoms with van der Waals surface area (Å²) in [4.78, 5) is 75.1. The maximum Gasteiger partial charge on any atom is 0.408 e. The number of alkyl carbamates (subject to hydrolysis) is 1. The van der Waals surface area contributed by atoms with Crippen molar-refractivity contribution in [2.75, 3.05) is 26.2 Å². The van der Waals surface area contributed by atoms with Gasteiger partial charge in [-0.1, -0.05) is 50.3 Å². The smallest absolute Gasteiger partial charge is 0.408 e. The van der Waals surface area contributed by atoms with Crippen molar-refractivity contribution in [3.63, 3.8) is 0 Å². The molecule has 4 amide bonds. The fourth-order valence-corrected chi connectivity index (χ4v) is 12.5. The third kappa shape index (κ3) is 11.0. The number of ether oxygens (including phenoxy) is 3. The van der Waals surface area contributed by atoms with Gasteiger partial charge in [0.05, 0.1) is 22.4 Å². The van der Waals surface area contributed by atoms with Gasteiger partial charge in [-0.2, -0.15) is 0 Å². The summed E-state index contributed by atoms with van der Waals surface area (Å²) in [5.41, 5.74) is 0.0524. The van der Waals surface area contributed by atoms with Gasteiger partial charge < -0.3 is 39.8 Å². The maximum absolute atomic E-state index is 15.2. The molecule has 0 unspecified atom stereocenters. The van der Waals surface area contributed by atoms with Gasteiger partial charge in [-0.3, -0.25) is 23.9 Å². The van der Waals surface area contributed by atoms with Crippen molar-refractivity contribution in [1.29, 1.82) is 0 Å². The first-order valence-electron chi connectivity index (χ1n) is 25.6. The lowest BCUT2D eigenvalue weighted by Crippen LogP contribution is -2.59. The Labute approximate surface area is 405 Å². The number of carbonyl (C=O) groups is 5. The third-order valence-electron chi connectivity index (χ3n) is 16.2. The molecule has 18 heteroatoms. The Morgan fingerprint density at radius 2 is 1.67 bits per heavy atom. The van der Waals surface area contributed by atoms with Crippen LogP contribution >= 0.6 is 0 Å². The van der Waals surface area contributed by atoms with E-state index in [1.54, 1.807) is 13.0 Å². The lowest BCUT2D eigenvalue weighted by molar-refractivity contribution is -0.142. The number of benzene rings is 1. The number of aromatic nitrogens is 1. The number of rotatable bonds is 11. The number of hydrogen-bond donors (Lipinski definition) is 4. The Balaban J connectivity index is 0.00000193. The summed E-state index contributed by atoms with van der Waals surface area (Å²) in [6.45, 7) is 8.40. The fraction of sp³-hybridized carbons (Fsp3) is 0.686. The second-order valence-corrected chi connectivity index (χ2v) is 23.5. The second-order valence-electron chi connectivity index (χ2n) is 21.3. The van der Waals surface area contributed by atoms with E-state index < -0.39 is 68.2 Å². The number of pyridine rings is 1. The van der Waals surface area contributed by atoms with Crippen molar-refractivity contribution in [2.24, 2.45) is 23.7 Å². The van der Waals surface area contributed by atoms with Crippen LogP contribution in [0.5, 0.6) is 11.6 Å². The summed E-state index contributed by atoms with van der Waals surface area (Å²) < 4.78 is 47.7. The Morgan fingerprint density at radius 3 is 2.35 bits per heavy atom. The molecule has 4 N–H and O–H groups in total. The number of carboxylic acid groups (broad SMARTS) is 1. The number of sulfonamides is 1. The quantitative estimate of drug-likeness (QED) is 0.155. The van der Waals surface area contributed by atoms with Gasteiger partial charge in [0.25, 0.3) is 12.4 Å². The van der Waals surface area contributed by atoms with Gasteiger partial charge in [-0.05, 0) is 120 Å². The molecular formula is C51H70N6O11S. The number of amides is 4. The maximum atomic E-state index is 15.2. The number of para-hydroxylation sites is 1. The minimum atomic E-state index is -4.01. The first kappa shape index (κ1) is 49.0. The highest BCUT2D eigenvalue weighted by Gasteiger charge is 2.63. The number of carbonyl (C=O) groups excluding carboxylic acids is 4. The largest absolute Gasteiger partial charge is 0.489 e. The molecule has 2 bridgehead atoms. The molecule has 2 saturated heterocycles. The number of fused-ring (bicyclic) bond motifs is 5. The van der Waals surface area contributed by atoms with Gasteiger partial charge in [-0.15, -0.1) is 6.58 Å². The Kier molecular flexibility index (Phi) is 14.5. The highest BCUT2D eigenvalue weighted by Crippen LogP contribution is 2.48. The topological polar surface area (TPSA) is 223 Å². The third-order valence-corrected chi connectivity index (χ3v) is 18.4. The van der Waals surface area contributed by atoms with Gasteiger partial charge >= 0.3 is 6.09 Å². The lowest BCUT2D eigenvalue weighted by atomic mass is 9.83. The first-order chi connectivity index (χ1) is 33.2. The minimum Gasteiger partial charge on any atom is -0.489 e. The van der Waals surface area contributed by atoms with Crippen LogP contribution in [0.4, 0.5) is 4.79 Å². The standard InChI is InChI=1S/C50H68N6O9S.CH2O2/c1-3-34-28-50(34,47(59)54-66(61,62)49(2)22-23-49)53-44(57)40-27-36-30-56(40)46(58)42(32-12-6-4-7-13-32)52-48(60)65-41-26-33(41)14-8-5-9-16-38-43(37-15-10-11-17-39(37)51-45(38)64-36)63-35-20-24-55(25-21-35)29-31-18-19-31;2-1-3/h3,10-11,15,17,31-36,40-42H,1,4-9,12-14,16,18-30H2,2H3,(H,52,60)(H,53,57)(H,54,59);1H,(H,2,3)/t33-,34-,36-,40+,41-,42+,50-;/m1./s1. The van der Waals surface area contributed by atoms with E-state index >= 15 is 4.79 Å². The van der Waals surface area contributed by atoms with Crippen LogP contribution in [0, 0.1) is 23.7 Å². The van der Waals surface area contributed by atoms with E-state index in [2.05, 4.69) is 32.9 Å². The van der Waals surface area contributed by atoms with Gasteiger partial charge in [0.15, 0.2) is 0 Å². The summed E-state index contributed by atoms with van der Waals surface area (Å²) in [6.07, 6.45) is 15.2. The van der Waals surface area contributed by atoms with Crippen molar-refractivity contribution in [3.8, 4) is 11.6 Å². The predicted octanol–water partition coefficient (Wildman–Crippen LogP) is 5.78. The second kappa shape index (κ2) is 20.4. The van der Waals surface area contributed by atoms with Gasteiger partial charge in [0.2, 0.25) is 27.7 Å². The van der Waals surface area contributed by atoms with E-state index in [1.807, 2.05) is 18.2 Å². The average Bonchev–Trinajstić information content (AvgIpc) is 4.19. The molecule has 1 aromatic heterocycles. The highest BCUT2D eigenvalue weighted by atomic mass is 32.2. The molecule has 7 fully saturated rings. The highest BCUT2D eigenvalue weighted by molar-refractivity contribution is 7.91. The van der Waals surface area contributed by atoms with Crippen molar-refractivity contribution in [2.45, 2.75) is 170 Å². The summed E-state index contributed by atoms with van der Waals surface area (Å²) in [6, 6.07) is 5.91. The molecule has 1 aromatic carbocycles. The Hall–Kier alpha value is -4.97. The molecule has 0 spiro atoms. The van der Waals surface area contributed by atoms with Crippen molar-refractivity contribution in [3.05, 3.63) is 42.5 Å². The van der Waals surface area contributed by atoms with E-state index in [4.69, 9.17) is 29.1 Å². The molecule has 0 radical (unpaired) electrons. The van der Waals surface area contributed by atoms with Crippen LogP contribution in [0.2, 0.25) is 0 Å². The molecular weight excluding hydrogens is 905 g/mol. The van der Waals surface area contributed by atoms with E-state index in [-0.39, 0.29) is 49.9 Å². The van der Waals surface area contributed by atoms with Gasteiger partial charge in [0.1, 0.15) is 41.7 Å². The van der Waals surface area contributed by atoms with E-state index in [9.17, 15) is 22.8 Å². The number of nitrogens with one attached hydrogen (secondary N) is 3. The zero-order valence-electron chi connectivity index (χ0n) is 39.9. The van der Waals surface area contributed by atoms with Crippen molar-refractivity contribution in [1.82, 2.24) is 30.1 Å². The number of piperidine rings is 1. The molecule has 8 aliphatic rings. The van der Waals surface area contributed by atoms with E-state index in [0.29, 0.717) is 25.1 Å². The molecule has 17 nitrogen and oxygen atoms in total. The zero-order valence-corrected chi connectivity index (χ0v) is 40.7. The van der Waals surface area contributed by atoms with Crippen molar-refractivity contribution >= 4 is 51.2 Å². The predicted molar refractivity (Wildman–Crippen MR) is 256 cm³/mol. The molecule has 10 rings (SSSR count). The molecule has 7 atom stereocenters. The molecule has 3 aliphatic heterocycles. The first-order valence-corrected chi connectivity index (χ1v) is 27.1. The zero-order chi connectivity index (χ0) is 48.5. The molecule has 69 heavy (non-hydrogen) atoms. The van der Waals surface area contributed by atoms with Gasteiger partial charge in [-0.25, -0.2) is 18.2 Å². The summed E-state index contributed by atoms with van der Waals surface area (Å²) >= 11 is 0. The van der Waals surface area contributed by atoms with Crippen LogP contribution < -0.4 is 24.8 Å². The van der Waals surface area contributed by atoms with E-state index in [0.717, 1.165) is 118 Å².